The number of aromatic nitrogens is 4. The summed E-state index contributed by atoms with van der Waals surface area (Å²) < 4.78 is 3.66. The molecule has 1 aromatic carbocycles. The topological polar surface area (TPSA) is 59.0 Å². The van der Waals surface area contributed by atoms with Crippen molar-refractivity contribution in [3.63, 3.8) is 0 Å². The zero-order chi connectivity index (χ0) is 13.6. The summed E-state index contributed by atoms with van der Waals surface area (Å²) in [4.78, 5) is 8.69. The van der Waals surface area contributed by atoms with Crippen LogP contribution in [0.4, 0.5) is 0 Å². The molecule has 0 aliphatic carbocycles. The fourth-order valence-corrected chi connectivity index (χ4v) is 2.21. The molecule has 0 aliphatic rings. The lowest BCUT2D eigenvalue weighted by Gasteiger charge is -2.11. The third-order valence-corrected chi connectivity index (χ3v) is 3.47. The van der Waals surface area contributed by atoms with Crippen LogP contribution in [0.1, 0.15) is 17.0 Å². The molecule has 19 heavy (non-hydrogen) atoms. The largest absolute Gasteiger partial charge is 0.265 e. The average molecular weight is 253 g/mol. The second-order valence-electron chi connectivity index (χ2n) is 4.60. The predicted octanol–water partition coefficient (Wildman–Crippen LogP) is 1.92. The molecule has 5 heteroatoms. The molecule has 1 N–H and O–H groups in total. The van der Waals surface area contributed by atoms with Crippen molar-refractivity contribution < 1.29 is 0 Å². The highest BCUT2D eigenvalue weighted by atomic mass is 15.4. The van der Waals surface area contributed by atoms with Gasteiger partial charge in [-0.2, -0.15) is 4.98 Å². The van der Waals surface area contributed by atoms with Gasteiger partial charge in [-0.05, 0) is 38.5 Å². The highest BCUT2D eigenvalue weighted by molar-refractivity contribution is 5.39. The summed E-state index contributed by atoms with van der Waals surface area (Å²) in [6.45, 7) is 6.03. The summed E-state index contributed by atoms with van der Waals surface area (Å²) in [5.41, 5.74) is 4.22. The maximum absolute atomic E-state index is 8.07. The molecule has 3 aromatic rings. The first kappa shape index (κ1) is 11.6. The summed E-state index contributed by atoms with van der Waals surface area (Å²) in [5.74, 6) is 0.564. The summed E-state index contributed by atoms with van der Waals surface area (Å²) >= 11 is 0. The van der Waals surface area contributed by atoms with Crippen molar-refractivity contribution in [2.45, 2.75) is 20.8 Å². The fraction of sp³-hybridized carbons (Fsp3) is 0.214. The number of aryl methyl sites for hydroxylation is 2. The van der Waals surface area contributed by atoms with Gasteiger partial charge in [0.1, 0.15) is 0 Å². The highest BCUT2D eigenvalue weighted by Gasteiger charge is 2.12. The van der Waals surface area contributed by atoms with E-state index in [0.717, 1.165) is 22.6 Å². The van der Waals surface area contributed by atoms with Gasteiger partial charge in [0.15, 0.2) is 0 Å². The Morgan fingerprint density at radius 2 is 1.68 bits per heavy atom. The first-order valence-electron chi connectivity index (χ1n) is 6.15. The molecule has 0 spiro atoms. The van der Waals surface area contributed by atoms with Crippen LogP contribution in [0.25, 0.3) is 11.5 Å². The molecule has 0 aliphatic heterocycles. The second kappa shape index (κ2) is 4.05. The van der Waals surface area contributed by atoms with Gasteiger partial charge in [-0.25, -0.2) is 14.2 Å². The minimum atomic E-state index is 0.187. The number of para-hydroxylation sites is 1. The third-order valence-electron chi connectivity index (χ3n) is 3.47. The lowest BCUT2D eigenvalue weighted by atomic mass is 10.2. The Kier molecular flexibility index (Phi) is 2.48. The van der Waals surface area contributed by atoms with E-state index in [1.807, 2.05) is 55.6 Å². The Bertz CT molecular complexity index is 811. The first-order chi connectivity index (χ1) is 9.09. The van der Waals surface area contributed by atoms with Crippen molar-refractivity contribution in [3.8, 4) is 5.69 Å². The minimum absolute atomic E-state index is 0.187. The van der Waals surface area contributed by atoms with E-state index >= 15 is 0 Å². The van der Waals surface area contributed by atoms with E-state index in [1.54, 1.807) is 4.68 Å². The first-order valence-corrected chi connectivity index (χ1v) is 6.15. The van der Waals surface area contributed by atoms with Gasteiger partial charge in [-0.15, -0.1) is 0 Å². The van der Waals surface area contributed by atoms with Crippen LogP contribution < -0.4 is 5.62 Å². The molecule has 0 saturated heterocycles. The normalized spacial score (nSPS) is 11.1. The van der Waals surface area contributed by atoms with Crippen LogP contribution in [0.2, 0.25) is 0 Å². The summed E-state index contributed by atoms with van der Waals surface area (Å²) in [6, 6.07) is 9.77. The van der Waals surface area contributed by atoms with Crippen molar-refractivity contribution in [3.05, 3.63) is 52.9 Å². The quantitative estimate of drug-likeness (QED) is 0.720. The zero-order valence-electron chi connectivity index (χ0n) is 11.2. The predicted molar refractivity (Wildman–Crippen MR) is 72.4 cm³/mol. The minimum Gasteiger partial charge on any atom is -0.265 e. The lowest BCUT2D eigenvalue weighted by molar-refractivity contribution is 0.712. The Hall–Kier alpha value is -2.43. The average Bonchev–Trinajstić information content (AvgIpc) is 2.73. The van der Waals surface area contributed by atoms with Gasteiger partial charge in [-0.1, -0.05) is 18.2 Å². The molecule has 0 atom stereocenters. The summed E-state index contributed by atoms with van der Waals surface area (Å²) in [5, 5.41) is 8.07. The number of hydrogen-bond donors (Lipinski definition) is 1. The third kappa shape index (κ3) is 1.66. The Morgan fingerprint density at radius 1 is 1.00 bits per heavy atom. The number of nitrogens with zero attached hydrogens (tertiary/aromatic N) is 4. The fourth-order valence-electron chi connectivity index (χ4n) is 2.21. The van der Waals surface area contributed by atoms with Crippen molar-refractivity contribution in [1.29, 1.82) is 5.41 Å². The lowest BCUT2D eigenvalue weighted by Crippen LogP contribution is -2.20. The van der Waals surface area contributed by atoms with Crippen LogP contribution in [-0.4, -0.2) is 19.2 Å². The van der Waals surface area contributed by atoms with Gasteiger partial charge in [0.05, 0.1) is 5.69 Å². The molecule has 5 nitrogen and oxygen atoms in total. The molecule has 0 amide bonds. The molecule has 0 saturated carbocycles. The van der Waals surface area contributed by atoms with Crippen molar-refractivity contribution >= 4 is 5.78 Å². The van der Waals surface area contributed by atoms with Crippen molar-refractivity contribution in [2.24, 2.45) is 0 Å². The highest BCUT2D eigenvalue weighted by Crippen LogP contribution is 2.13. The van der Waals surface area contributed by atoms with Crippen LogP contribution in [-0.2, 0) is 0 Å². The maximum Gasteiger partial charge on any atom is 0.253 e. The van der Waals surface area contributed by atoms with Gasteiger partial charge in [0.2, 0.25) is 5.62 Å². The number of rotatable bonds is 1. The SMILES string of the molecule is Cc1nc2nc(=N)n(-c3ccccc3)n2c(C)c1C. The van der Waals surface area contributed by atoms with Gasteiger partial charge in [0.25, 0.3) is 5.78 Å². The molecule has 96 valence electrons. The van der Waals surface area contributed by atoms with Crippen molar-refractivity contribution in [2.75, 3.05) is 0 Å². The molecular formula is C14H15N5. The summed E-state index contributed by atoms with van der Waals surface area (Å²) in [7, 11) is 0. The van der Waals surface area contributed by atoms with Gasteiger partial charge < -0.3 is 0 Å². The molecule has 2 aromatic heterocycles. The molecule has 0 radical (unpaired) electrons. The Labute approximate surface area is 110 Å². The number of fused-ring (bicyclic) bond motifs is 1. The molecular weight excluding hydrogens is 238 g/mol. The van der Waals surface area contributed by atoms with E-state index in [2.05, 4.69) is 9.97 Å². The van der Waals surface area contributed by atoms with Crippen LogP contribution in [0, 0.1) is 26.2 Å². The van der Waals surface area contributed by atoms with Crippen LogP contribution in [0.15, 0.2) is 30.3 Å². The number of hydrogen-bond acceptors (Lipinski definition) is 3. The van der Waals surface area contributed by atoms with Crippen LogP contribution in [0.3, 0.4) is 0 Å². The van der Waals surface area contributed by atoms with E-state index < -0.39 is 0 Å². The van der Waals surface area contributed by atoms with Gasteiger partial charge >= 0.3 is 0 Å². The van der Waals surface area contributed by atoms with Gasteiger partial charge in [0, 0.05) is 11.4 Å². The Balaban J connectivity index is 2.47. The number of nitrogens with one attached hydrogen (secondary N) is 1. The number of benzene rings is 1. The van der Waals surface area contributed by atoms with Crippen LogP contribution in [0.5, 0.6) is 0 Å². The standard InChI is InChI=1S/C14H15N5/c1-9-10(2)16-14-17-13(15)19(18(14)11(9)3)12-7-5-4-6-8-12/h4-8,15H,1-3H3. The monoisotopic (exact) mass is 253 g/mol. The van der Waals surface area contributed by atoms with E-state index in [0.29, 0.717) is 5.78 Å². The zero-order valence-corrected chi connectivity index (χ0v) is 11.2. The van der Waals surface area contributed by atoms with E-state index in [1.165, 1.54) is 0 Å². The van der Waals surface area contributed by atoms with E-state index in [4.69, 9.17) is 5.41 Å². The van der Waals surface area contributed by atoms with E-state index in [-0.39, 0.29) is 5.62 Å². The molecule has 0 fully saturated rings. The second-order valence-corrected chi connectivity index (χ2v) is 4.60. The summed E-state index contributed by atoms with van der Waals surface area (Å²) in [6.07, 6.45) is 0. The molecule has 0 bridgehead atoms. The maximum atomic E-state index is 8.07. The smallest absolute Gasteiger partial charge is 0.253 e. The molecule has 0 unspecified atom stereocenters. The van der Waals surface area contributed by atoms with Gasteiger partial charge in [-0.3, -0.25) is 5.41 Å². The molecule has 2 heterocycles. The Morgan fingerprint density at radius 3 is 2.37 bits per heavy atom. The van der Waals surface area contributed by atoms with Crippen LogP contribution >= 0.6 is 0 Å². The van der Waals surface area contributed by atoms with Crippen molar-refractivity contribution in [1.82, 2.24) is 19.2 Å². The molecule has 3 rings (SSSR count). The van der Waals surface area contributed by atoms with E-state index in [9.17, 15) is 0 Å².